The molecule has 1 aromatic carbocycles. The number of carbonyl (C=O) groups excluding carboxylic acids is 3. The van der Waals surface area contributed by atoms with Gasteiger partial charge in [-0.1, -0.05) is 18.2 Å². The summed E-state index contributed by atoms with van der Waals surface area (Å²) < 4.78 is 0. The zero-order valence-corrected chi connectivity index (χ0v) is 23.1. The molecule has 0 saturated carbocycles. The van der Waals surface area contributed by atoms with Crippen molar-refractivity contribution in [1.82, 2.24) is 30.9 Å². The lowest BCUT2D eigenvalue weighted by atomic mass is 10.0. The van der Waals surface area contributed by atoms with Gasteiger partial charge in [-0.3, -0.25) is 14.4 Å². The summed E-state index contributed by atoms with van der Waals surface area (Å²) in [6, 6.07) is 3.21. The van der Waals surface area contributed by atoms with Crippen molar-refractivity contribution in [3.8, 4) is 0 Å². The quantitative estimate of drug-likeness (QED) is 0.118. The van der Waals surface area contributed by atoms with E-state index in [4.69, 9.17) is 5.73 Å². The highest BCUT2D eigenvalue weighted by Crippen LogP contribution is 2.19. The first-order valence-corrected chi connectivity index (χ1v) is 14.3. The smallest absolute Gasteiger partial charge is 0.326 e. The summed E-state index contributed by atoms with van der Waals surface area (Å²) in [6.45, 7) is 0. The molecule has 4 atom stereocenters. The number of aliphatic carboxylic acids is 1. The molecule has 0 aliphatic heterocycles. The molecule has 0 saturated heterocycles. The van der Waals surface area contributed by atoms with Crippen LogP contribution in [0.25, 0.3) is 10.9 Å². The highest BCUT2D eigenvalue weighted by molar-refractivity contribution is 7.98. The summed E-state index contributed by atoms with van der Waals surface area (Å²) in [5, 5.41) is 18.4. The lowest BCUT2D eigenvalue weighted by molar-refractivity contribution is -0.142. The Balaban J connectivity index is 1.79. The van der Waals surface area contributed by atoms with Gasteiger partial charge in [-0.15, -0.1) is 0 Å². The molecule has 210 valence electrons. The third-order valence-electron chi connectivity index (χ3n) is 6.11. The van der Waals surface area contributed by atoms with Crippen LogP contribution < -0.4 is 21.7 Å². The fourth-order valence-corrected chi connectivity index (χ4v) is 4.69. The SMILES string of the molecule is CSCCC(N)C(=O)NC(CS)C(=O)NC(Cc1c[nH]c2ccccc12)C(=O)NC(Cc1cnc[nH]1)C(=O)O. The summed E-state index contributed by atoms with van der Waals surface area (Å²) in [5.74, 6) is -2.43. The van der Waals surface area contributed by atoms with Gasteiger partial charge in [0.25, 0.3) is 0 Å². The molecule has 2 aromatic heterocycles. The Labute approximate surface area is 235 Å². The minimum atomic E-state index is -1.27. The van der Waals surface area contributed by atoms with Crippen molar-refractivity contribution in [2.45, 2.75) is 43.4 Å². The molecular weight excluding hydrogens is 542 g/mol. The Hall–Kier alpha value is -3.49. The monoisotopic (exact) mass is 575 g/mol. The van der Waals surface area contributed by atoms with E-state index in [1.807, 2.05) is 30.5 Å². The maximum Gasteiger partial charge on any atom is 0.326 e. The zero-order valence-electron chi connectivity index (χ0n) is 21.3. The fourth-order valence-electron chi connectivity index (χ4n) is 3.94. The Morgan fingerprint density at radius 3 is 2.38 bits per heavy atom. The lowest BCUT2D eigenvalue weighted by Gasteiger charge is -2.24. The van der Waals surface area contributed by atoms with E-state index in [9.17, 15) is 24.3 Å². The van der Waals surface area contributed by atoms with Crippen molar-refractivity contribution >= 4 is 59.0 Å². The number of nitrogens with one attached hydrogen (secondary N) is 5. The number of benzene rings is 1. The molecule has 0 radical (unpaired) electrons. The number of hydrogen-bond donors (Lipinski definition) is 8. The maximum absolute atomic E-state index is 13.4. The summed E-state index contributed by atoms with van der Waals surface area (Å²) >= 11 is 5.75. The topological polar surface area (TPSA) is 195 Å². The predicted octanol–water partition coefficient (Wildman–Crippen LogP) is 0.225. The van der Waals surface area contributed by atoms with Gasteiger partial charge in [0.15, 0.2) is 0 Å². The molecule has 3 amide bonds. The third-order valence-corrected chi connectivity index (χ3v) is 7.12. The molecule has 3 aromatic rings. The summed E-state index contributed by atoms with van der Waals surface area (Å²) in [5.41, 5.74) is 8.04. The number of hydrogen-bond acceptors (Lipinski definition) is 8. The van der Waals surface area contributed by atoms with Gasteiger partial charge in [0.05, 0.1) is 12.4 Å². The number of carbonyl (C=O) groups is 4. The number of carboxylic acid groups (broad SMARTS) is 1. The van der Waals surface area contributed by atoms with E-state index >= 15 is 0 Å². The largest absolute Gasteiger partial charge is 0.480 e. The van der Waals surface area contributed by atoms with Gasteiger partial charge in [-0.05, 0) is 30.1 Å². The second-order valence-corrected chi connectivity index (χ2v) is 10.3. The highest BCUT2D eigenvalue weighted by Gasteiger charge is 2.31. The van der Waals surface area contributed by atoms with E-state index in [1.165, 1.54) is 12.5 Å². The molecular formula is C25H33N7O5S2. The van der Waals surface area contributed by atoms with Gasteiger partial charge in [0, 0.05) is 47.6 Å². The number of aromatic amines is 2. The Bertz CT molecular complexity index is 1270. The molecule has 0 spiro atoms. The Morgan fingerprint density at radius 2 is 1.72 bits per heavy atom. The van der Waals surface area contributed by atoms with E-state index < -0.39 is 47.9 Å². The number of rotatable bonds is 15. The van der Waals surface area contributed by atoms with Gasteiger partial charge >= 0.3 is 5.97 Å². The number of aromatic nitrogens is 3. The normalized spacial score (nSPS) is 14.2. The Morgan fingerprint density at radius 1 is 1.03 bits per heavy atom. The number of amides is 3. The molecule has 4 unspecified atom stereocenters. The number of nitrogens with two attached hydrogens (primary N) is 1. The van der Waals surface area contributed by atoms with E-state index in [0.717, 1.165) is 16.5 Å². The number of thiol groups is 1. The molecule has 0 aliphatic carbocycles. The van der Waals surface area contributed by atoms with Crippen LogP contribution in [-0.2, 0) is 32.0 Å². The molecule has 12 nitrogen and oxygen atoms in total. The maximum atomic E-state index is 13.4. The number of H-pyrrole nitrogens is 2. The first kappa shape index (κ1) is 30.1. The highest BCUT2D eigenvalue weighted by atomic mass is 32.2. The van der Waals surface area contributed by atoms with E-state index in [-0.39, 0.29) is 18.6 Å². The summed E-state index contributed by atoms with van der Waals surface area (Å²) in [4.78, 5) is 60.8. The van der Waals surface area contributed by atoms with Crippen molar-refractivity contribution in [3.05, 3.63) is 54.2 Å². The Kier molecular flexibility index (Phi) is 11.3. The van der Waals surface area contributed by atoms with Crippen molar-refractivity contribution < 1.29 is 24.3 Å². The minimum absolute atomic E-state index is 0.0297. The number of thioether (sulfide) groups is 1. The van der Waals surface area contributed by atoms with Gasteiger partial charge in [-0.25, -0.2) is 9.78 Å². The van der Waals surface area contributed by atoms with Crippen LogP contribution >= 0.6 is 24.4 Å². The van der Waals surface area contributed by atoms with Crippen molar-refractivity contribution in [3.63, 3.8) is 0 Å². The second kappa shape index (κ2) is 14.6. The summed E-state index contributed by atoms with van der Waals surface area (Å²) in [7, 11) is 0. The zero-order chi connectivity index (χ0) is 28.4. The fraction of sp³-hybridized carbons (Fsp3) is 0.400. The van der Waals surface area contributed by atoms with Crippen LogP contribution in [0.5, 0.6) is 0 Å². The van der Waals surface area contributed by atoms with Gasteiger partial charge in [0.1, 0.15) is 18.1 Å². The molecule has 3 rings (SSSR count). The van der Waals surface area contributed by atoms with Crippen LogP contribution in [-0.4, -0.2) is 85.7 Å². The molecule has 0 fully saturated rings. The predicted molar refractivity (Wildman–Crippen MR) is 153 cm³/mol. The first-order chi connectivity index (χ1) is 18.7. The molecule has 14 heteroatoms. The van der Waals surface area contributed by atoms with E-state index in [0.29, 0.717) is 17.9 Å². The first-order valence-electron chi connectivity index (χ1n) is 12.2. The third kappa shape index (κ3) is 8.50. The number of para-hydroxylation sites is 1. The molecule has 2 heterocycles. The molecule has 39 heavy (non-hydrogen) atoms. The number of imidazole rings is 1. The van der Waals surface area contributed by atoms with Crippen LogP contribution in [0.1, 0.15) is 17.7 Å². The molecule has 0 aliphatic rings. The average molecular weight is 576 g/mol. The standard InChI is InChI=1S/C25H33N7O5S2/c1-39-7-6-17(26)22(33)32-21(12-38)24(35)30-19(8-14-10-28-18-5-3-2-4-16(14)18)23(34)31-20(25(36)37)9-15-11-27-13-29-15/h2-5,10-11,13,17,19-21,28,38H,6-9,12,26H2,1H3,(H,27,29)(H,30,35)(H,31,34)(H,32,33)(H,36,37). The van der Waals surface area contributed by atoms with Crippen molar-refractivity contribution in [2.75, 3.05) is 17.8 Å². The average Bonchev–Trinajstić information content (AvgIpc) is 3.59. The van der Waals surface area contributed by atoms with Crippen molar-refractivity contribution in [2.24, 2.45) is 5.73 Å². The van der Waals surface area contributed by atoms with Crippen LogP contribution in [0, 0.1) is 0 Å². The van der Waals surface area contributed by atoms with E-state index in [2.05, 4.69) is 43.5 Å². The van der Waals surface area contributed by atoms with Crippen molar-refractivity contribution in [1.29, 1.82) is 0 Å². The van der Waals surface area contributed by atoms with Gasteiger partial charge < -0.3 is 36.8 Å². The van der Waals surface area contributed by atoms with E-state index in [1.54, 1.807) is 18.0 Å². The number of carboxylic acids is 1. The van der Waals surface area contributed by atoms with Crippen LogP contribution in [0.2, 0.25) is 0 Å². The number of nitrogens with zero attached hydrogens (tertiary/aromatic N) is 1. The van der Waals surface area contributed by atoms with Gasteiger partial charge in [0.2, 0.25) is 17.7 Å². The van der Waals surface area contributed by atoms with Gasteiger partial charge in [-0.2, -0.15) is 24.4 Å². The molecule has 0 bridgehead atoms. The van der Waals surface area contributed by atoms with Crippen LogP contribution in [0.15, 0.2) is 43.0 Å². The molecule has 8 N–H and O–H groups in total. The minimum Gasteiger partial charge on any atom is -0.480 e. The summed E-state index contributed by atoms with van der Waals surface area (Å²) in [6.07, 6.45) is 6.99. The van der Waals surface area contributed by atoms with Crippen LogP contribution in [0.4, 0.5) is 0 Å². The number of fused-ring (bicyclic) bond motifs is 1. The second-order valence-electron chi connectivity index (χ2n) is 8.94. The van der Waals surface area contributed by atoms with Crippen LogP contribution in [0.3, 0.4) is 0 Å². The lowest BCUT2D eigenvalue weighted by Crippen LogP contribution is -2.58.